The Kier molecular flexibility index (Phi) is 5.67. The van der Waals surface area contributed by atoms with E-state index in [-0.39, 0.29) is 11.3 Å². The molecule has 1 aromatic rings. The highest BCUT2D eigenvalue weighted by atomic mass is 32.2. The number of rotatable bonds is 2. The van der Waals surface area contributed by atoms with Crippen molar-refractivity contribution in [3.63, 3.8) is 0 Å². The van der Waals surface area contributed by atoms with Crippen molar-refractivity contribution < 1.29 is 27.8 Å². The summed E-state index contributed by atoms with van der Waals surface area (Å²) >= 11 is 0. The quantitative estimate of drug-likeness (QED) is 0.298. The van der Waals surface area contributed by atoms with Crippen LogP contribution in [0.4, 0.5) is 5.69 Å². The maximum absolute atomic E-state index is 10.4. The summed E-state index contributed by atoms with van der Waals surface area (Å²) in [5.74, 6) is -1.29. The number of carbonyl (C=O) groups is 1. The number of benzene rings is 1. The molecule has 2 N–H and O–H groups in total. The van der Waals surface area contributed by atoms with Crippen molar-refractivity contribution >= 4 is 22.6 Å². The second-order valence-corrected chi connectivity index (χ2v) is 2.79. The summed E-state index contributed by atoms with van der Waals surface area (Å²) in [5, 5.41) is 18.8. The van der Waals surface area contributed by atoms with Gasteiger partial charge in [0.15, 0.2) is 0 Å². The van der Waals surface area contributed by atoms with E-state index in [2.05, 4.69) is 0 Å². The van der Waals surface area contributed by atoms with Gasteiger partial charge in [-0.1, -0.05) is 12.1 Å². The third-order valence-corrected chi connectivity index (χ3v) is 1.33. The average Bonchev–Trinajstić information content (AvgIpc) is 2.16. The first-order valence-electron chi connectivity index (χ1n) is 3.66. The van der Waals surface area contributed by atoms with Crippen LogP contribution in [0.1, 0.15) is 10.4 Å². The van der Waals surface area contributed by atoms with Gasteiger partial charge >= 0.3 is 5.97 Å². The molecule has 0 saturated heterocycles. The first-order valence-corrected chi connectivity index (χ1v) is 4.79. The molecule has 1 rings (SSSR count). The first kappa shape index (κ1) is 14.0. The van der Waals surface area contributed by atoms with Gasteiger partial charge in [0.25, 0.3) is 16.7 Å². The van der Waals surface area contributed by atoms with E-state index in [0.717, 1.165) is 6.07 Å². The zero-order valence-electron chi connectivity index (χ0n) is 7.64. The highest BCUT2D eigenvalue weighted by Crippen LogP contribution is 2.16. The molecule has 0 atom stereocenters. The summed E-state index contributed by atoms with van der Waals surface area (Å²) in [7, 11) is -3.12. The largest absolute Gasteiger partial charge is 0.477 e. The molecule has 0 fully saturated rings. The van der Waals surface area contributed by atoms with Gasteiger partial charge in [-0.15, -0.1) is 0 Å². The topological polar surface area (TPSA) is 135 Å². The van der Waals surface area contributed by atoms with Crippen molar-refractivity contribution in [2.45, 2.75) is 0 Å². The lowest BCUT2D eigenvalue weighted by molar-refractivity contribution is -0.385. The third-order valence-electron chi connectivity index (χ3n) is 1.33. The maximum atomic E-state index is 10.4. The molecule has 0 aliphatic carbocycles. The monoisotopic (exact) mass is 249 g/mol. The van der Waals surface area contributed by atoms with Crippen LogP contribution in [-0.4, -0.2) is 29.0 Å². The van der Waals surface area contributed by atoms with E-state index in [9.17, 15) is 14.9 Å². The fourth-order valence-electron chi connectivity index (χ4n) is 0.814. The van der Waals surface area contributed by atoms with Crippen molar-refractivity contribution in [1.82, 2.24) is 0 Å². The third kappa shape index (κ3) is 5.02. The number of nitro benzene ring substituents is 1. The molecule has 16 heavy (non-hydrogen) atoms. The Hall–Kier alpha value is -2.00. The predicted octanol–water partition coefficient (Wildman–Crippen LogP) is 0.364. The van der Waals surface area contributed by atoms with Crippen molar-refractivity contribution in [2.75, 3.05) is 0 Å². The van der Waals surface area contributed by atoms with Crippen LogP contribution in [0.25, 0.3) is 0 Å². The maximum Gasteiger partial charge on any atom is 0.342 e. The number of hydrogen-bond donors (Lipinski definition) is 3. The fraction of sp³-hybridized carbons (Fsp3) is 0. The Bertz CT molecular complexity index is 427. The molecule has 0 saturated carbocycles. The Balaban J connectivity index is 0.000000487. The lowest BCUT2D eigenvalue weighted by atomic mass is 10.2. The van der Waals surface area contributed by atoms with Crippen LogP contribution in [0.5, 0.6) is 0 Å². The van der Waals surface area contributed by atoms with E-state index in [0.29, 0.717) is 0 Å². The molecule has 9 heteroatoms. The van der Waals surface area contributed by atoms with Gasteiger partial charge in [-0.05, 0) is 6.07 Å². The number of nitrogens with zero attached hydrogens (tertiary/aromatic N) is 1. The molecule has 0 aliphatic heterocycles. The zero-order valence-corrected chi connectivity index (χ0v) is 8.53. The van der Waals surface area contributed by atoms with Gasteiger partial charge in [0.1, 0.15) is 5.56 Å². The minimum Gasteiger partial charge on any atom is -0.477 e. The number of hydrogen-bond acceptors (Lipinski definition) is 5. The number of carboxylic acid groups (broad SMARTS) is 1. The van der Waals surface area contributed by atoms with Crippen molar-refractivity contribution in [2.24, 2.45) is 0 Å². The Morgan fingerprint density at radius 3 is 2.06 bits per heavy atom. The molecule has 0 bridgehead atoms. The molecule has 0 amide bonds. The summed E-state index contributed by atoms with van der Waals surface area (Å²) in [4.78, 5) is 20.0. The minimum absolute atomic E-state index is 0.289. The van der Waals surface area contributed by atoms with E-state index in [4.69, 9.17) is 18.1 Å². The molecule has 0 unspecified atom stereocenters. The lowest BCUT2D eigenvalue weighted by Crippen LogP contribution is -2.01. The van der Waals surface area contributed by atoms with E-state index < -0.39 is 21.9 Å². The van der Waals surface area contributed by atoms with Crippen LogP contribution in [-0.2, 0) is 11.0 Å². The van der Waals surface area contributed by atoms with Gasteiger partial charge in [-0.2, -0.15) is 0 Å². The van der Waals surface area contributed by atoms with Crippen LogP contribution in [0.2, 0.25) is 0 Å². The summed E-state index contributed by atoms with van der Waals surface area (Å²) in [6.45, 7) is 0. The number of nitro groups is 1. The van der Waals surface area contributed by atoms with Gasteiger partial charge in [0.2, 0.25) is 0 Å². The first-order chi connectivity index (χ1) is 7.36. The van der Waals surface area contributed by atoms with Crippen molar-refractivity contribution in [3.8, 4) is 0 Å². The normalized spacial score (nSPS) is 9.12. The van der Waals surface area contributed by atoms with Crippen LogP contribution < -0.4 is 0 Å². The molecule has 0 spiro atoms. The van der Waals surface area contributed by atoms with Gasteiger partial charge < -0.3 is 5.11 Å². The Labute approximate surface area is 91.1 Å². The Morgan fingerprint density at radius 1 is 1.31 bits per heavy atom. The van der Waals surface area contributed by atoms with Gasteiger partial charge in [0.05, 0.1) is 4.92 Å². The number of aromatic carboxylic acids is 1. The standard InChI is InChI=1S/C7H5NO4.H2O3S/c9-7(10)5-3-1-2-4-6(5)8(11)12;1-4(2)3/h1-4H,(H,9,10);4H,(H,1,2,3). The lowest BCUT2D eigenvalue weighted by Gasteiger charge is -1.94. The highest BCUT2D eigenvalue weighted by Gasteiger charge is 2.17. The molecule has 0 aliphatic rings. The predicted molar refractivity (Wildman–Crippen MR) is 53.0 cm³/mol. The second-order valence-electron chi connectivity index (χ2n) is 2.32. The number of para-hydroxylation sites is 1. The van der Waals surface area contributed by atoms with Crippen LogP contribution in [0, 0.1) is 10.1 Å². The van der Waals surface area contributed by atoms with Crippen LogP contribution in [0.3, 0.4) is 0 Å². The second kappa shape index (κ2) is 6.48. The molecule has 1 aromatic carbocycles. The molecular weight excluding hydrogens is 242 g/mol. The average molecular weight is 249 g/mol. The molecule has 0 radical (unpaired) electrons. The van der Waals surface area contributed by atoms with E-state index >= 15 is 0 Å². The van der Waals surface area contributed by atoms with Gasteiger partial charge in [0, 0.05) is 6.07 Å². The van der Waals surface area contributed by atoms with E-state index in [1.54, 1.807) is 0 Å². The molecule has 0 aromatic heterocycles. The molecule has 8 nitrogen and oxygen atoms in total. The zero-order chi connectivity index (χ0) is 12.7. The number of carboxylic acids is 1. The van der Waals surface area contributed by atoms with Crippen LogP contribution in [0.15, 0.2) is 24.3 Å². The molecule has 0 heterocycles. The van der Waals surface area contributed by atoms with E-state index in [1.807, 2.05) is 0 Å². The van der Waals surface area contributed by atoms with Gasteiger partial charge in [-0.25, -0.2) is 13.2 Å². The van der Waals surface area contributed by atoms with Gasteiger partial charge in [-0.3, -0.25) is 14.7 Å². The molecular formula is C7H7NO7S. The summed E-state index contributed by atoms with van der Waals surface area (Å²) in [6.07, 6.45) is 0. The highest BCUT2D eigenvalue weighted by molar-refractivity contribution is 7.66. The van der Waals surface area contributed by atoms with Crippen molar-refractivity contribution in [3.05, 3.63) is 39.9 Å². The number of thiol groups is 1. The Morgan fingerprint density at radius 2 is 1.75 bits per heavy atom. The fourth-order valence-corrected chi connectivity index (χ4v) is 0.814. The summed E-state index contributed by atoms with van der Waals surface area (Å²) in [6, 6.07) is 5.21. The van der Waals surface area contributed by atoms with Crippen LogP contribution >= 0.6 is 0 Å². The molecule has 88 valence electrons. The minimum atomic E-state index is -3.12. The summed E-state index contributed by atoms with van der Waals surface area (Å²) < 4.78 is 24.2. The van der Waals surface area contributed by atoms with E-state index in [1.165, 1.54) is 18.2 Å². The summed E-state index contributed by atoms with van der Waals surface area (Å²) in [5.41, 5.74) is -0.674. The van der Waals surface area contributed by atoms with Crippen molar-refractivity contribution in [1.29, 1.82) is 0 Å². The SMILES string of the molecule is O=C(O)c1ccccc1[N+](=O)[O-].O=[SH](=O)O. The smallest absolute Gasteiger partial charge is 0.342 e.